The van der Waals surface area contributed by atoms with Gasteiger partial charge in [-0.25, -0.2) is 4.39 Å². The van der Waals surface area contributed by atoms with Crippen molar-refractivity contribution in [1.29, 1.82) is 0 Å². The molecule has 1 saturated heterocycles. The standard InChI is InChI=1S/C31H27FN2O3/c32-29-4-2-1-3-25(29)28-17-33-31(36)30-26-15-22(9-10-24(26)23(19-35)16-27(28)30)21-7-5-20(6-8-21)18-34-11-13-37-14-12-34/h1-10,15-17,35H,11-14,18-19H2,(H,33,36). The van der Waals surface area contributed by atoms with Gasteiger partial charge in [-0.2, -0.15) is 0 Å². The molecule has 0 atom stereocenters. The molecule has 0 saturated carbocycles. The molecule has 1 aliphatic rings. The first kappa shape index (κ1) is 23.6. The molecule has 2 N–H and O–H groups in total. The maximum Gasteiger partial charge on any atom is 0.256 e. The molecule has 6 heteroatoms. The van der Waals surface area contributed by atoms with Crippen LogP contribution in [0.4, 0.5) is 4.39 Å². The summed E-state index contributed by atoms with van der Waals surface area (Å²) in [6, 6.07) is 22.7. The zero-order chi connectivity index (χ0) is 25.4. The number of halogens is 1. The van der Waals surface area contributed by atoms with E-state index in [2.05, 4.69) is 34.1 Å². The summed E-state index contributed by atoms with van der Waals surface area (Å²) in [5.41, 5.74) is 4.68. The van der Waals surface area contributed by atoms with Gasteiger partial charge < -0.3 is 14.8 Å². The van der Waals surface area contributed by atoms with Gasteiger partial charge in [-0.05, 0) is 56.6 Å². The average Bonchev–Trinajstić information content (AvgIpc) is 2.94. The Morgan fingerprint density at radius 1 is 0.865 bits per heavy atom. The predicted octanol–water partition coefficient (Wildman–Crippen LogP) is 5.48. The quantitative estimate of drug-likeness (QED) is 0.318. The Balaban J connectivity index is 1.47. The Hall–Kier alpha value is -3.84. The number of hydrogen-bond donors (Lipinski definition) is 2. The second-order valence-electron chi connectivity index (χ2n) is 9.47. The molecule has 0 bridgehead atoms. The Morgan fingerprint density at radius 3 is 2.38 bits per heavy atom. The minimum Gasteiger partial charge on any atom is -0.392 e. The van der Waals surface area contributed by atoms with E-state index < -0.39 is 0 Å². The number of aromatic nitrogens is 1. The monoisotopic (exact) mass is 494 g/mol. The zero-order valence-corrected chi connectivity index (χ0v) is 20.3. The maximum atomic E-state index is 14.7. The number of aromatic amines is 1. The number of aliphatic hydroxyl groups is 1. The number of nitrogens with one attached hydrogen (secondary N) is 1. The zero-order valence-electron chi connectivity index (χ0n) is 20.3. The number of rotatable bonds is 5. The van der Waals surface area contributed by atoms with Gasteiger partial charge in [0.15, 0.2) is 0 Å². The summed E-state index contributed by atoms with van der Waals surface area (Å²) in [5.74, 6) is -0.368. The van der Waals surface area contributed by atoms with Crippen molar-refractivity contribution in [1.82, 2.24) is 9.88 Å². The van der Waals surface area contributed by atoms with E-state index >= 15 is 0 Å². The Morgan fingerprint density at radius 2 is 1.62 bits per heavy atom. The van der Waals surface area contributed by atoms with Gasteiger partial charge in [0.1, 0.15) is 5.82 Å². The number of aliphatic hydroxyl groups excluding tert-OH is 1. The van der Waals surface area contributed by atoms with Crippen molar-refractivity contribution < 1.29 is 14.2 Å². The number of nitrogens with zero attached hydrogens (tertiary/aromatic N) is 1. The number of fused-ring (bicyclic) bond motifs is 3. The average molecular weight is 495 g/mol. The van der Waals surface area contributed by atoms with Crippen molar-refractivity contribution >= 4 is 21.5 Å². The fourth-order valence-electron chi connectivity index (χ4n) is 5.28. The van der Waals surface area contributed by atoms with Gasteiger partial charge >= 0.3 is 0 Å². The molecule has 0 unspecified atom stereocenters. The highest BCUT2D eigenvalue weighted by Crippen LogP contribution is 2.36. The third-order valence-electron chi connectivity index (χ3n) is 7.22. The Bertz CT molecular complexity index is 1650. The highest BCUT2D eigenvalue weighted by Gasteiger charge is 2.16. The largest absolute Gasteiger partial charge is 0.392 e. The summed E-state index contributed by atoms with van der Waals surface area (Å²) in [4.78, 5) is 18.3. The van der Waals surface area contributed by atoms with E-state index in [0.29, 0.717) is 27.5 Å². The van der Waals surface area contributed by atoms with Crippen molar-refractivity contribution in [3.63, 3.8) is 0 Å². The summed E-state index contributed by atoms with van der Waals surface area (Å²) >= 11 is 0. The first-order valence-electron chi connectivity index (χ1n) is 12.5. The van der Waals surface area contributed by atoms with Crippen LogP contribution in [0.2, 0.25) is 0 Å². The van der Waals surface area contributed by atoms with Crippen LogP contribution in [0.15, 0.2) is 83.8 Å². The van der Waals surface area contributed by atoms with Crippen molar-refractivity contribution in [2.75, 3.05) is 26.3 Å². The van der Waals surface area contributed by atoms with Gasteiger partial charge in [0, 0.05) is 37.0 Å². The third kappa shape index (κ3) is 4.44. The summed E-state index contributed by atoms with van der Waals surface area (Å²) in [6.07, 6.45) is 1.55. The van der Waals surface area contributed by atoms with E-state index in [4.69, 9.17) is 4.74 Å². The number of hydrogen-bond acceptors (Lipinski definition) is 4. The molecule has 37 heavy (non-hydrogen) atoms. The van der Waals surface area contributed by atoms with Crippen LogP contribution in [0.3, 0.4) is 0 Å². The summed E-state index contributed by atoms with van der Waals surface area (Å²) in [7, 11) is 0. The van der Waals surface area contributed by atoms with Gasteiger partial charge in [0.2, 0.25) is 0 Å². The fraction of sp³-hybridized carbons (Fsp3) is 0.194. The molecule has 186 valence electrons. The van der Waals surface area contributed by atoms with E-state index in [9.17, 15) is 14.3 Å². The minimum atomic E-state index is -0.368. The molecule has 4 aromatic carbocycles. The molecule has 6 rings (SSSR count). The topological polar surface area (TPSA) is 65.6 Å². The lowest BCUT2D eigenvalue weighted by Gasteiger charge is -2.26. The van der Waals surface area contributed by atoms with Crippen molar-refractivity contribution in [2.45, 2.75) is 13.2 Å². The van der Waals surface area contributed by atoms with Gasteiger partial charge in [-0.3, -0.25) is 9.69 Å². The highest BCUT2D eigenvalue weighted by molar-refractivity contribution is 6.13. The van der Waals surface area contributed by atoms with E-state index in [1.807, 2.05) is 18.2 Å². The summed E-state index contributed by atoms with van der Waals surface area (Å²) in [6.45, 7) is 4.13. The summed E-state index contributed by atoms with van der Waals surface area (Å²) in [5, 5.41) is 12.8. The van der Waals surface area contributed by atoms with Crippen LogP contribution in [0.5, 0.6) is 0 Å². The highest BCUT2D eigenvalue weighted by atomic mass is 19.1. The number of pyridine rings is 1. The number of benzene rings is 4. The molecule has 1 fully saturated rings. The van der Waals surface area contributed by atoms with Crippen LogP contribution in [0, 0.1) is 5.82 Å². The molecule has 0 spiro atoms. The van der Waals surface area contributed by atoms with Gasteiger partial charge in [0.25, 0.3) is 5.56 Å². The minimum absolute atomic E-state index is 0.189. The second kappa shape index (κ2) is 9.90. The smallest absolute Gasteiger partial charge is 0.256 e. The van der Waals surface area contributed by atoms with Crippen LogP contribution in [-0.4, -0.2) is 41.3 Å². The van der Waals surface area contributed by atoms with Crippen LogP contribution >= 0.6 is 0 Å². The van der Waals surface area contributed by atoms with E-state index in [0.717, 1.165) is 54.7 Å². The molecule has 0 radical (unpaired) electrons. The first-order chi connectivity index (χ1) is 18.1. The van der Waals surface area contributed by atoms with Crippen molar-refractivity contribution in [3.05, 3.63) is 106 Å². The number of morpholine rings is 1. The van der Waals surface area contributed by atoms with Gasteiger partial charge in [-0.1, -0.05) is 54.6 Å². The Kier molecular flexibility index (Phi) is 6.30. The lowest BCUT2D eigenvalue weighted by molar-refractivity contribution is 0.0342. The lowest BCUT2D eigenvalue weighted by Crippen LogP contribution is -2.35. The number of ether oxygens (including phenoxy) is 1. The van der Waals surface area contributed by atoms with E-state index in [1.54, 1.807) is 30.5 Å². The SMILES string of the molecule is O=c1[nH]cc(-c2ccccc2F)c2cc(CO)c3ccc(-c4ccc(CN5CCOCC5)cc4)cc3c12. The van der Waals surface area contributed by atoms with E-state index in [1.165, 1.54) is 11.6 Å². The molecule has 2 heterocycles. The molecular weight excluding hydrogens is 467 g/mol. The molecule has 5 nitrogen and oxygen atoms in total. The molecule has 1 aromatic heterocycles. The lowest BCUT2D eigenvalue weighted by atomic mass is 9.91. The van der Waals surface area contributed by atoms with Crippen molar-refractivity contribution in [2.24, 2.45) is 0 Å². The van der Waals surface area contributed by atoms with E-state index in [-0.39, 0.29) is 18.0 Å². The normalized spacial score (nSPS) is 14.4. The molecule has 5 aromatic rings. The molecule has 0 amide bonds. The van der Waals surface area contributed by atoms with Gasteiger partial charge in [0.05, 0.1) is 25.2 Å². The molecular formula is C31H27FN2O3. The molecule has 0 aliphatic carbocycles. The molecule has 1 aliphatic heterocycles. The fourth-order valence-corrected chi connectivity index (χ4v) is 5.28. The summed E-state index contributed by atoms with van der Waals surface area (Å²) < 4.78 is 20.2. The second-order valence-corrected chi connectivity index (χ2v) is 9.47. The first-order valence-corrected chi connectivity index (χ1v) is 12.5. The third-order valence-corrected chi connectivity index (χ3v) is 7.22. The number of H-pyrrole nitrogens is 1. The van der Waals surface area contributed by atoms with Crippen LogP contribution < -0.4 is 5.56 Å². The van der Waals surface area contributed by atoms with Crippen LogP contribution in [0.25, 0.3) is 43.8 Å². The maximum absolute atomic E-state index is 14.7. The predicted molar refractivity (Wildman–Crippen MR) is 145 cm³/mol. The van der Waals surface area contributed by atoms with Gasteiger partial charge in [-0.15, -0.1) is 0 Å². The van der Waals surface area contributed by atoms with Crippen LogP contribution in [0.1, 0.15) is 11.1 Å². The van der Waals surface area contributed by atoms with Crippen molar-refractivity contribution in [3.8, 4) is 22.3 Å². The Labute approximate surface area is 213 Å². The van der Waals surface area contributed by atoms with Crippen LogP contribution in [-0.2, 0) is 17.9 Å².